The molecule has 0 amide bonds. The summed E-state index contributed by atoms with van der Waals surface area (Å²) in [5, 5.41) is 6.56. The van der Waals surface area contributed by atoms with E-state index in [1.54, 1.807) is 12.1 Å². The summed E-state index contributed by atoms with van der Waals surface area (Å²) in [5.41, 5.74) is 8.73. The van der Waals surface area contributed by atoms with Crippen LogP contribution in [-0.4, -0.2) is 29.9 Å². The molecule has 2 aliphatic rings. The number of alkyl halides is 3. The molecule has 6 nitrogen and oxygen atoms in total. The fourth-order valence-electron chi connectivity index (χ4n) is 5.51. The fourth-order valence-corrected chi connectivity index (χ4v) is 5.85. The van der Waals surface area contributed by atoms with Gasteiger partial charge in [0.2, 0.25) is 5.95 Å². The predicted octanol–water partition coefficient (Wildman–Crippen LogP) is 6.62. The number of nitrogen functional groups attached to an aromatic ring is 1. The summed E-state index contributed by atoms with van der Waals surface area (Å²) in [6.45, 7) is 1.11. The number of fused-ring (bicyclic) bond motifs is 1. The third-order valence-electron chi connectivity index (χ3n) is 7.04. The normalized spacial score (nSPS) is 21.5. The van der Waals surface area contributed by atoms with Crippen LogP contribution in [0.5, 0.6) is 5.75 Å². The number of aryl methyl sites for hydroxylation is 1. The monoisotopic (exact) mass is 613 g/mol. The van der Waals surface area contributed by atoms with E-state index in [1.165, 1.54) is 11.6 Å². The second-order valence-electron chi connectivity index (χ2n) is 9.25. The van der Waals surface area contributed by atoms with Crippen molar-refractivity contribution in [2.75, 3.05) is 24.6 Å². The topological polar surface area (TPSA) is 85.1 Å². The van der Waals surface area contributed by atoms with Crippen LogP contribution < -0.4 is 21.1 Å². The first kappa shape index (κ1) is 30.7. The van der Waals surface area contributed by atoms with E-state index in [2.05, 4.69) is 41.3 Å². The van der Waals surface area contributed by atoms with E-state index in [9.17, 15) is 13.2 Å². The van der Waals surface area contributed by atoms with Gasteiger partial charge >= 0.3 is 6.36 Å². The minimum atomic E-state index is -4.71. The van der Waals surface area contributed by atoms with Gasteiger partial charge in [0.1, 0.15) is 11.6 Å². The molecule has 1 aromatic heterocycles. The van der Waals surface area contributed by atoms with Gasteiger partial charge in [-0.1, -0.05) is 22.0 Å². The van der Waals surface area contributed by atoms with E-state index in [0.29, 0.717) is 40.3 Å². The molecule has 1 aromatic carbocycles. The minimum Gasteiger partial charge on any atom is -0.405 e. The number of anilines is 2. The number of ether oxygens (including phenoxy) is 1. The highest BCUT2D eigenvalue weighted by Crippen LogP contribution is 2.46. The number of hydrogen-bond acceptors (Lipinski definition) is 6. The maximum Gasteiger partial charge on any atom is 0.573 e. The van der Waals surface area contributed by atoms with Gasteiger partial charge in [-0.3, -0.25) is 0 Å². The number of aromatic nitrogens is 2. The van der Waals surface area contributed by atoms with Gasteiger partial charge in [-0.25, -0.2) is 4.98 Å². The second-order valence-corrected chi connectivity index (χ2v) is 10.2. The first-order valence-corrected chi connectivity index (χ1v) is 12.6. The highest BCUT2D eigenvalue weighted by Gasteiger charge is 2.35. The number of nitrogens with zero attached hydrogens (tertiary/aromatic N) is 2. The molecule has 1 heterocycles. The summed E-state index contributed by atoms with van der Waals surface area (Å²) < 4.78 is 43.0. The summed E-state index contributed by atoms with van der Waals surface area (Å²) in [4.78, 5) is 8.95. The molecule has 0 saturated heterocycles. The number of hydrogen-bond donors (Lipinski definition) is 3. The van der Waals surface area contributed by atoms with Crippen molar-refractivity contribution < 1.29 is 17.9 Å². The number of rotatable bonds is 7. The van der Waals surface area contributed by atoms with E-state index < -0.39 is 6.36 Å². The van der Waals surface area contributed by atoms with Crippen LogP contribution >= 0.6 is 40.7 Å². The molecule has 2 aliphatic carbocycles. The molecule has 0 radical (unpaired) electrons. The van der Waals surface area contributed by atoms with Crippen LogP contribution in [0.2, 0.25) is 0 Å². The van der Waals surface area contributed by atoms with Crippen LogP contribution in [0.25, 0.3) is 0 Å². The van der Waals surface area contributed by atoms with Crippen molar-refractivity contribution in [3.05, 3.63) is 39.5 Å². The average Bonchev–Trinajstić information content (AvgIpc) is 2.79. The SMILES string of the molecule is CNc1nc(N)nc2c1C(C1CCC(CNCc3ccc(Br)cc3OC(F)(F)F)CC1)CCC2.Cl.Cl. The molecule has 2 aromatic rings. The Morgan fingerprint density at radius 1 is 1.11 bits per heavy atom. The van der Waals surface area contributed by atoms with Crippen molar-refractivity contribution in [3.8, 4) is 5.75 Å². The van der Waals surface area contributed by atoms with Crippen molar-refractivity contribution >= 4 is 52.5 Å². The van der Waals surface area contributed by atoms with Crippen LogP contribution in [0.3, 0.4) is 0 Å². The lowest BCUT2D eigenvalue weighted by atomic mass is 9.69. The zero-order chi connectivity index (χ0) is 24.3. The molecule has 1 fully saturated rings. The van der Waals surface area contributed by atoms with E-state index in [-0.39, 0.29) is 30.6 Å². The summed E-state index contributed by atoms with van der Waals surface area (Å²) in [7, 11) is 1.88. The standard InChI is InChI=1S/C24H31BrF3N5O.2ClH/c1-30-22-21-18(3-2-4-19(21)32-23(29)33-22)15-7-5-14(6-8-15)12-31-13-16-9-10-17(25)11-20(16)34-24(26,27)28;;/h9-11,14-15,18,31H,2-8,12-13H2,1H3,(H3,29,30,32,33);2*1H. The van der Waals surface area contributed by atoms with Crippen molar-refractivity contribution in [2.24, 2.45) is 11.8 Å². The fraction of sp³-hybridized carbons (Fsp3) is 0.583. The van der Waals surface area contributed by atoms with Gasteiger partial charge in [-0.05, 0) is 81.4 Å². The van der Waals surface area contributed by atoms with Gasteiger partial charge in [0.25, 0.3) is 0 Å². The summed E-state index contributed by atoms with van der Waals surface area (Å²) in [6.07, 6.45) is 2.96. The predicted molar refractivity (Wildman–Crippen MR) is 144 cm³/mol. The molecule has 1 saturated carbocycles. The van der Waals surface area contributed by atoms with E-state index in [4.69, 9.17) is 5.73 Å². The quantitative estimate of drug-likeness (QED) is 0.325. The van der Waals surface area contributed by atoms with Gasteiger partial charge in [-0.2, -0.15) is 4.98 Å². The zero-order valence-corrected chi connectivity index (χ0v) is 23.3. The number of halogens is 6. The molecular formula is C24H33BrCl2F3N5O. The van der Waals surface area contributed by atoms with Gasteiger partial charge < -0.3 is 21.1 Å². The van der Waals surface area contributed by atoms with Gasteiger partial charge in [-0.15, -0.1) is 38.0 Å². The Kier molecular flexibility index (Phi) is 11.4. The molecule has 1 atom stereocenters. The molecule has 1 unspecified atom stereocenters. The Labute approximate surface area is 230 Å². The smallest absolute Gasteiger partial charge is 0.405 e. The molecule has 0 aliphatic heterocycles. The molecule has 0 bridgehead atoms. The lowest BCUT2D eigenvalue weighted by molar-refractivity contribution is -0.274. The van der Waals surface area contributed by atoms with E-state index in [0.717, 1.165) is 63.0 Å². The zero-order valence-electron chi connectivity index (χ0n) is 20.0. The third-order valence-corrected chi connectivity index (χ3v) is 7.54. The molecule has 0 spiro atoms. The minimum absolute atomic E-state index is 0. The lowest BCUT2D eigenvalue weighted by Crippen LogP contribution is -2.30. The van der Waals surface area contributed by atoms with Crippen molar-refractivity contribution in [1.82, 2.24) is 15.3 Å². The van der Waals surface area contributed by atoms with E-state index >= 15 is 0 Å². The highest BCUT2D eigenvalue weighted by molar-refractivity contribution is 9.10. The van der Waals surface area contributed by atoms with Crippen molar-refractivity contribution in [3.63, 3.8) is 0 Å². The Hall–Kier alpha value is -1.49. The maximum absolute atomic E-state index is 12.7. The molecule has 12 heteroatoms. The molecule has 36 heavy (non-hydrogen) atoms. The number of benzene rings is 1. The van der Waals surface area contributed by atoms with Gasteiger partial charge in [0, 0.05) is 29.2 Å². The Morgan fingerprint density at radius 3 is 2.50 bits per heavy atom. The third kappa shape index (κ3) is 7.76. The average molecular weight is 615 g/mol. The van der Waals surface area contributed by atoms with E-state index in [1.807, 2.05) is 7.05 Å². The van der Waals surface area contributed by atoms with Gasteiger partial charge in [0.15, 0.2) is 0 Å². The van der Waals surface area contributed by atoms with Crippen LogP contribution in [0.1, 0.15) is 61.3 Å². The summed E-state index contributed by atoms with van der Waals surface area (Å²) in [5.74, 6) is 2.57. The van der Waals surface area contributed by atoms with Crippen molar-refractivity contribution in [2.45, 2.75) is 63.8 Å². The molecule has 202 valence electrons. The second kappa shape index (κ2) is 13.3. The first-order chi connectivity index (χ1) is 16.2. The summed E-state index contributed by atoms with van der Waals surface area (Å²) >= 11 is 3.21. The highest BCUT2D eigenvalue weighted by atomic mass is 79.9. The first-order valence-electron chi connectivity index (χ1n) is 11.8. The van der Waals surface area contributed by atoms with Crippen LogP contribution in [0.4, 0.5) is 24.9 Å². The largest absolute Gasteiger partial charge is 0.573 e. The summed E-state index contributed by atoms with van der Waals surface area (Å²) in [6, 6.07) is 4.74. The number of nitrogens with one attached hydrogen (secondary N) is 2. The maximum atomic E-state index is 12.7. The lowest BCUT2D eigenvalue weighted by Gasteiger charge is -2.37. The Balaban J connectivity index is 0.00000228. The van der Waals surface area contributed by atoms with Crippen LogP contribution in [0.15, 0.2) is 22.7 Å². The van der Waals surface area contributed by atoms with Gasteiger partial charge in [0.05, 0.1) is 5.69 Å². The molecular weight excluding hydrogens is 582 g/mol. The Morgan fingerprint density at radius 2 is 1.83 bits per heavy atom. The number of nitrogens with two attached hydrogens (primary N) is 1. The molecule has 4 N–H and O–H groups in total. The van der Waals surface area contributed by atoms with Crippen LogP contribution in [-0.2, 0) is 13.0 Å². The molecule has 4 rings (SSSR count). The Bertz CT molecular complexity index is 989. The van der Waals surface area contributed by atoms with Crippen molar-refractivity contribution in [1.29, 1.82) is 0 Å². The van der Waals surface area contributed by atoms with Crippen LogP contribution in [0, 0.1) is 11.8 Å².